The number of nitrogens with two attached hydrogens (primary N) is 1. The van der Waals surface area contributed by atoms with Crippen LogP contribution in [0.4, 0.5) is 0 Å². The van der Waals surface area contributed by atoms with E-state index in [1.54, 1.807) is 4.90 Å². The maximum atomic E-state index is 12.4. The summed E-state index contributed by atoms with van der Waals surface area (Å²) >= 11 is 0. The van der Waals surface area contributed by atoms with Crippen molar-refractivity contribution in [1.29, 1.82) is 0 Å². The molecule has 0 aliphatic heterocycles. The standard InChI is InChI=1S/C16H25N3O2/c1-5-19(10-13(4)16(17)18-21)15(20)9-14-7-6-11(2)12(3)8-14/h6-8,13,21H,5,9-10H2,1-4H3,(H2,17,18). The molecule has 1 aromatic rings. The molecule has 1 unspecified atom stereocenters. The van der Waals surface area contributed by atoms with Gasteiger partial charge in [0, 0.05) is 19.0 Å². The minimum atomic E-state index is -0.168. The molecule has 3 N–H and O–H groups in total. The second-order valence-corrected chi connectivity index (χ2v) is 5.45. The molecule has 0 spiro atoms. The van der Waals surface area contributed by atoms with Crippen molar-refractivity contribution >= 4 is 11.7 Å². The number of hydrogen-bond donors (Lipinski definition) is 2. The predicted octanol–water partition coefficient (Wildman–Crippen LogP) is 2.08. The molecule has 116 valence electrons. The van der Waals surface area contributed by atoms with E-state index < -0.39 is 0 Å². The minimum Gasteiger partial charge on any atom is -0.409 e. The summed E-state index contributed by atoms with van der Waals surface area (Å²) in [5, 5.41) is 11.7. The third-order valence-electron chi connectivity index (χ3n) is 3.78. The quantitative estimate of drug-likeness (QED) is 0.364. The third kappa shape index (κ3) is 4.77. The molecule has 5 heteroatoms. The molecule has 1 atom stereocenters. The van der Waals surface area contributed by atoms with Crippen LogP contribution in [0.5, 0.6) is 0 Å². The average molecular weight is 291 g/mol. The fourth-order valence-corrected chi connectivity index (χ4v) is 2.13. The highest BCUT2D eigenvalue weighted by Gasteiger charge is 2.17. The Balaban J connectivity index is 2.73. The van der Waals surface area contributed by atoms with E-state index >= 15 is 0 Å². The van der Waals surface area contributed by atoms with Gasteiger partial charge >= 0.3 is 0 Å². The smallest absolute Gasteiger partial charge is 0.227 e. The van der Waals surface area contributed by atoms with Crippen molar-refractivity contribution < 1.29 is 10.0 Å². The fraction of sp³-hybridized carbons (Fsp3) is 0.500. The normalized spacial score (nSPS) is 13.0. The number of likely N-dealkylation sites (N-methyl/N-ethyl adjacent to an activating group) is 1. The van der Waals surface area contributed by atoms with Gasteiger partial charge in [-0.15, -0.1) is 0 Å². The van der Waals surface area contributed by atoms with Gasteiger partial charge in [-0.3, -0.25) is 4.79 Å². The van der Waals surface area contributed by atoms with Gasteiger partial charge in [-0.05, 0) is 37.5 Å². The first-order valence-corrected chi connectivity index (χ1v) is 7.20. The Morgan fingerprint density at radius 2 is 2.05 bits per heavy atom. The van der Waals surface area contributed by atoms with E-state index in [0.717, 1.165) is 5.56 Å². The molecule has 1 amide bonds. The van der Waals surface area contributed by atoms with Crippen LogP contribution < -0.4 is 5.73 Å². The minimum absolute atomic E-state index is 0.0540. The molecule has 0 aliphatic carbocycles. The van der Waals surface area contributed by atoms with E-state index in [-0.39, 0.29) is 17.7 Å². The largest absolute Gasteiger partial charge is 0.409 e. The number of nitrogens with zero attached hydrogens (tertiary/aromatic N) is 2. The lowest BCUT2D eigenvalue weighted by molar-refractivity contribution is -0.130. The van der Waals surface area contributed by atoms with E-state index in [0.29, 0.717) is 19.5 Å². The first-order chi connectivity index (χ1) is 9.88. The summed E-state index contributed by atoms with van der Waals surface area (Å²) in [5.74, 6) is 0.0319. The summed E-state index contributed by atoms with van der Waals surface area (Å²) < 4.78 is 0. The average Bonchev–Trinajstić information content (AvgIpc) is 2.47. The lowest BCUT2D eigenvalue weighted by atomic mass is 10.0. The molecule has 0 aliphatic rings. The molecule has 0 saturated carbocycles. The molecule has 1 aromatic carbocycles. The van der Waals surface area contributed by atoms with Crippen molar-refractivity contribution in [2.45, 2.75) is 34.1 Å². The fourth-order valence-electron chi connectivity index (χ4n) is 2.13. The Labute approximate surface area is 126 Å². The number of carbonyl (C=O) groups is 1. The van der Waals surface area contributed by atoms with Crippen molar-refractivity contribution in [2.75, 3.05) is 13.1 Å². The summed E-state index contributed by atoms with van der Waals surface area (Å²) in [5.41, 5.74) is 8.99. The molecule has 0 saturated heterocycles. The Kier molecular flexibility index (Phi) is 6.21. The van der Waals surface area contributed by atoms with Crippen LogP contribution in [-0.4, -0.2) is 34.9 Å². The van der Waals surface area contributed by atoms with Gasteiger partial charge in [-0.2, -0.15) is 0 Å². The number of amidine groups is 1. The maximum absolute atomic E-state index is 12.4. The Morgan fingerprint density at radius 3 is 2.57 bits per heavy atom. The maximum Gasteiger partial charge on any atom is 0.227 e. The van der Waals surface area contributed by atoms with Crippen LogP contribution in [0.15, 0.2) is 23.4 Å². The Hall–Kier alpha value is -2.04. The molecule has 5 nitrogen and oxygen atoms in total. The van der Waals surface area contributed by atoms with Gasteiger partial charge < -0.3 is 15.8 Å². The lowest BCUT2D eigenvalue weighted by Gasteiger charge is -2.24. The number of carbonyl (C=O) groups excluding carboxylic acids is 1. The molecular weight excluding hydrogens is 266 g/mol. The van der Waals surface area contributed by atoms with E-state index in [1.165, 1.54) is 11.1 Å². The summed E-state index contributed by atoms with van der Waals surface area (Å²) in [7, 11) is 0. The lowest BCUT2D eigenvalue weighted by Crippen LogP contribution is -2.39. The number of aryl methyl sites for hydroxylation is 2. The van der Waals surface area contributed by atoms with Crippen LogP contribution in [0.3, 0.4) is 0 Å². The molecule has 0 radical (unpaired) electrons. The van der Waals surface area contributed by atoms with Crippen LogP contribution in [0.2, 0.25) is 0 Å². The topological polar surface area (TPSA) is 78.9 Å². The molecule has 21 heavy (non-hydrogen) atoms. The SMILES string of the molecule is CCN(CC(C)C(N)=NO)C(=O)Cc1ccc(C)c(C)c1. The summed E-state index contributed by atoms with van der Waals surface area (Å²) in [6, 6.07) is 6.07. The number of benzene rings is 1. The molecule has 1 rings (SSSR count). The van der Waals surface area contributed by atoms with Crippen LogP contribution >= 0.6 is 0 Å². The van der Waals surface area contributed by atoms with Crippen LogP contribution in [0.25, 0.3) is 0 Å². The molecule has 0 fully saturated rings. The van der Waals surface area contributed by atoms with Crippen LogP contribution in [0.1, 0.15) is 30.5 Å². The summed E-state index contributed by atoms with van der Waals surface area (Å²) in [4.78, 5) is 14.1. The van der Waals surface area contributed by atoms with Gasteiger partial charge in [-0.1, -0.05) is 30.3 Å². The first-order valence-electron chi connectivity index (χ1n) is 7.20. The summed E-state index contributed by atoms with van der Waals surface area (Å²) in [6.07, 6.45) is 0.373. The molecular formula is C16H25N3O2. The zero-order chi connectivity index (χ0) is 16.0. The molecule has 0 heterocycles. The van der Waals surface area contributed by atoms with Crippen molar-refractivity contribution in [3.05, 3.63) is 34.9 Å². The number of amides is 1. The van der Waals surface area contributed by atoms with Crippen molar-refractivity contribution in [2.24, 2.45) is 16.8 Å². The van der Waals surface area contributed by atoms with E-state index in [4.69, 9.17) is 10.9 Å². The van der Waals surface area contributed by atoms with E-state index in [1.807, 2.05) is 39.0 Å². The Morgan fingerprint density at radius 1 is 1.38 bits per heavy atom. The van der Waals surface area contributed by atoms with Gasteiger partial charge in [0.1, 0.15) is 5.84 Å². The van der Waals surface area contributed by atoms with E-state index in [9.17, 15) is 4.79 Å². The van der Waals surface area contributed by atoms with Gasteiger partial charge in [0.25, 0.3) is 0 Å². The summed E-state index contributed by atoms with van der Waals surface area (Å²) in [6.45, 7) is 8.92. The monoisotopic (exact) mass is 291 g/mol. The zero-order valence-electron chi connectivity index (χ0n) is 13.3. The van der Waals surface area contributed by atoms with Gasteiger partial charge in [0.2, 0.25) is 5.91 Å². The van der Waals surface area contributed by atoms with Crippen molar-refractivity contribution in [1.82, 2.24) is 4.90 Å². The molecule has 0 bridgehead atoms. The predicted molar refractivity (Wildman–Crippen MR) is 84.4 cm³/mol. The van der Waals surface area contributed by atoms with Crippen LogP contribution in [-0.2, 0) is 11.2 Å². The number of rotatable bonds is 6. The van der Waals surface area contributed by atoms with Gasteiger partial charge in [0.15, 0.2) is 0 Å². The number of oxime groups is 1. The first kappa shape index (κ1) is 17.0. The second-order valence-electron chi connectivity index (χ2n) is 5.45. The van der Waals surface area contributed by atoms with Crippen LogP contribution in [0, 0.1) is 19.8 Å². The zero-order valence-corrected chi connectivity index (χ0v) is 13.3. The van der Waals surface area contributed by atoms with Crippen molar-refractivity contribution in [3.8, 4) is 0 Å². The van der Waals surface area contributed by atoms with E-state index in [2.05, 4.69) is 12.1 Å². The van der Waals surface area contributed by atoms with Crippen molar-refractivity contribution in [3.63, 3.8) is 0 Å². The molecule has 0 aromatic heterocycles. The highest BCUT2D eigenvalue weighted by atomic mass is 16.4. The Bertz CT molecular complexity index is 526. The second kappa shape index (κ2) is 7.67. The highest BCUT2D eigenvalue weighted by molar-refractivity contribution is 5.83. The van der Waals surface area contributed by atoms with Gasteiger partial charge in [0.05, 0.1) is 6.42 Å². The number of hydrogen-bond acceptors (Lipinski definition) is 3. The third-order valence-corrected chi connectivity index (χ3v) is 3.78. The van der Waals surface area contributed by atoms with Gasteiger partial charge in [-0.25, -0.2) is 0 Å². The highest BCUT2D eigenvalue weighted by Crippen LogP contribution is 2.12.